The number of hydrogen-bond acceptors (Lipinski definition) is 13. The fourth-order valence-corrected chi connectivity index (χ4v) is 4.64. The van der Waals surface area contributed by atoms with Gasteiger partial charge < -0.3 is 30.2 Å². The molecule has 1 aliphatic heterocycles. The van der Waals surface area contributed by atoms with Crippen LogP contribution in [-0.2, 0) is 37.4 Å². The van der Waals surface area contributed by atoms with Crippen LogP contribution >= 0.6 is 7.75 Å². The van der Waals surface area contributed by atoms with Gasteiger partial charge in [-0.15, -0.1) is 0 Å². The molecule has 0 spiro atoms. The standard InChI is InChI=1S/C19H31N4O11P/c1-10(2)7-11(18(27)31-4)22-35(29,33-9-14(24)30-3)32-8-12-15(25)16(26)17(34-12)23-6-5-13(20)21-19(23)28/h5-6,10-12,15-17,25-26H,7-9H2,1-4H3,(H,22,29)(H2,20,21,28)/t11-,12+,15?,16?,17-,35?/m0/s1. The highest BCUT2D eigenvalue weighted by Crippen LogP contribution is 2.46. The van der Waals surface area contributed by atoms with E-state index in [9.17, 15) is 29.2 Å². The predicted molar refractivity (Wildman–Crippen MR) is 119 cm³/mol. The number of esters is 2. The molecule has 1 aliphatic rings. The van der Waals surface area contributed by atoms with Gasteiger partial charge in [0, 0.05) is 6.20 Å². The number of aliphatic hydroxyl groups excluding tert-OH is 2. The first-order valence-electron chi connectivity index (χ1n) is 10.6. The van der Waals surface area contributed by atoms with Crippen molar-refractivity contribution in [1.82, 2.24) is 14.6 Å². The van der Waals surface area contributed by atoms with Crippen LogP contribution in [0.2, 0.25) is 0 Å². The largest absolute Gasteiger partial charge is 0.468 e. The lowest BCUT2D eigenvalue weighted by atomic mass is 10.1. The highest BCUT2D eigenvalue weighted by Gasteiger charge is 2.46. The number of methoxy groups -OCH3 is 2. The minimum atomic E-state index is -4.39. The number of nitrogen functional groups attached to an aromatic ring is 1. The molecule has 16 heteroatoms. The zero-order chi connectivity index (χ0) is 26.3. The highest BCUT2D eigenvalue weighted by molar-refractivity contribution is 7.51. The minimum absolute atomic E-state index is 0.0246. The summed E-state index contributed by atoms with van der Waals surface area (Å²) in [6.45, 7) is 2.24. The number of aromatic nitrogens is 2. The normalized spacial score (nSPS) is 24.7. The molecule has 5 N–H and O–H groups in total. The Kier molecular flexibility index (Phi) is 10.3. The van der Waals surface area contributed by atoms with E-state index >= 15 is 0 Å². The molecular weight excluding hydrogens is 491 g/mol. The van der Waals surface area contributed by atoms with Gasteiger partial charge in [0.1, 0.15) is 30.2 Å². The zero-order valence-corrected chi connectivity index (χ0v) is 20.6. The third kappa shape index (κ3) is 7.80. The topological polar surface area (TPSA) is 211 Å². The number of aliphatic hydroxyl groups is 2. The molecule has 1 aromatic rings. The molecule has 2 rings (SSSR count). The molecule has 198 valence electrons. The van der Waals surface area contributed by atoms with Crippen molar-refractivity contribution in [3.8, 4) is 0 Å². The molecule has 1 aromatic heterocycles. The fourth-order valence-electron chi connectivity index (χ4n) is 3.20. The van der Waals surface area contributed by atoms with Gasteiger partial charge >= 0.3 is 25.4 Å². The number of nitrogens with two attached hydrogens (primary N) is 1. The van der Waals surface area contributed by atoms with Gasteiger partial charge in [-0.25, -0.2) is 19.2 Å². The van der Waals surface area contributed by atoms with Gasteiger partial charge in [0.25, 0.3) is 0 Å². The third-order valence-corrected chi connectivity index (χ3v) is 6.54. The molecule has 0 saturated carbocycles. The monoisotopic (exact) mass is 522 g/mol. The second-order valence-electron chi connectivity index (χ2n) is 8.07. The van der Waals surface area contributed by atoms with Crippen LogP contribution in [0.5, 0.6) is 0 Å². The van der Waals surface area contributed by atoms with Crippen molar-refractivity contribution in [1.29, 1.82) is 0 Å². The van der Waals surface area contributed by atoms with E-state index in [1.54, 1.807) is 0 Å². The van der Waals surface area contributed by atoms with Crippen LogP contribution in [0.25, 0.3) is 0 Å². The van der Waals surface area contributed by atoms with Gasteiger partial charge in [-0.3, -0.25) is 18.4 Å². The number of carbonyl (C=O) groups is 2. The summed E-state index contributed by atoms with van der Waals surface area (Å²) in [4.78, 5) is 39.3. The first-order chi connectivity index (χ1) is 16.4. The second kappa shape index (κ2) is 12.5. The van der Waals surface area contributed by atoms with Crippen LogP contribution in [0.4, 0.5) is 5.82 Å². The molecule has 0 aromatic carbocycles. The van der Waals surface area contributed by atoms with Gasteiger partial charge in [0.05, 0.1) is 20.8 Å². The van der Waals surface area contributed by atoms with Crippen molar-refractivity contribution >= 4 is 25.5 Å². The van der Waals surface area contributed by atoms with Crippen molar-refractivity contribution in [3.05, 3.63) is 22.7 Å². The van der Waals surface area contributed by atoms with E-state index in [-0.39, 0.29) is 18.2 Å². The Morgan fingerprint density at radius 1 is 1.26 bits per heavy atom. The maximum atomic E-state index is 13.4. The zero-order valence-electron chi connectivity index (χ0n) is 19.7. The predicted octanol–water partition coefficient (Wildman–Crippen LogP) is -1.06. The number of carbonyl (C=O) groups excluding carboxylic acids is 2. The van der Waals surface area contributed by atoms with Gasteiger partial charge in [-0.2, -0.15) is 4.98 Å². The highest BCUT2D eigenvalue weighted by atomic mass is 31.2. The molecule has 0 aliphatic carbocycles. The van der Waals surface area contributed by atoms with Gasteiger partial charge in [0.15, 0.2) is 12.8 Å². The average Bonchev–Trinajstić information content (AvgIpc) is 3.08. The van der Waals surface area contributed by atoms with Gasteiger partial charge in [-0.05, 0) is 18.4 Å². The summed E-state index contributed by atoms with van der Waals surface area (Å²) in [6.07, 6.45) is -4.33. The summed E-state index contributed by atoms with van der Waals surface area (Å²) in [5.41, 5.74) is 4.63. The van der Waals surface area contributed by atoms with Crippen molar-refractivity contribution in [2.45, 2.75) is 50.8 Å². The Hall–Kier alpha value is -2.39. The Morgan fingerprint density at radius 2 is 1.94 bits per heavy atom. The summed E-state index contributed by atoms with van der Waals surface area (Å²) in [7, 11) is -2.15. The lowest BCUT2D eigenvalue weighted by Gasteiger charge is -2.26. The number of rotatable bonds is 12. The maximum Gasteiger partial charge on any atom is 0.406 e. The van der Waals surface area contributed by atoms with Crippen LogP contribution in [0.1, 0.15) is 26.5 Å². The average molecular weight is 522 g/mol. The summed E-state index contributed by atoms with van der Waals surface area (Å²) in [6, 6.07) is 0.185. The molecule has 6 atom stereocenters. The van der Waals surface area contributed by atoms with Crippen molar-refractivity contribution in [2.75, 3.05) is 33.2 Å². The van der Waals surface area contributed by atoms with E-state index in [0.717, 1.165) is 18.8 Å². The molecule has 15 nitrogen and oxygen atoms in total. The molecule has 0 bridgehead atoms. The summed E-state index contributed by atoms with van der Waals surface area (Å²) < 4.78 is 39.5. The molecule has 1 saturated heterocycles. The molecule has 0 radical (unpaired) electrons. The Labute approximate surface area is 201 Å². The SMILES string of the molecule is COC(=O)COP(=O)(N[C@@H](CC(C)C)C(=O)OC)OC[C@H]1O[C@H](n2ccc(N)nc2=O)C(O)C1O. The molecule has 35 heavy (non-hydrogen) atoms. The number of ether oxygens (including phenoxy) is 3. The molecular formula is C19H31N4O11P. The first kappa shape index (κ1) is 28.8. The van der Waals surface area contributed by atoms with E-state index in [4.69, 9.17) is 24.3 Å². The Bertz CT molecular complexity index is 988. The lowest BCUT2D eigenvalue weighted by molar-refractivity contribution is -0.143. The molecule has 0 amide bonds. The van der Waals surface area contributed by atoms with E-state index in [0.29, 0.717) is 0 Å². The third-order valence-electron chi connectivity index (χ3n) is 4.96. The summed E-state index contributed by atoms with van der Waals surface area (Å²) in [5, 5.41) is 23.2. The Balaban J connectivity index is 2.19. The van der Waals surface area contributed by atoms with Crippen LogP contribution in [0.3, 0.4) is 0 Å². The fraction of sp³-hybridized carbons (Fsp3) is 0.684. The Morgan fingerprint density at radius 3 is 2.51 bits per heavy atom. The number of nitrogens with zero attached hydrogens (tertiary/aromatic N) is 2. The summed E-state index contributed by atoms with van der Waals surface area (Å²) in [5.74, 6) is -1.68. The first-order valence-corrected chi connectivity index (χ1v) is 12.1. The van der Waals surface area contributed by atoms with Crippen LogP contribution in [-0.4, -0.2) is 83.5 Å². The number of nitrogens with one attached hydrogen (secondary N) is 1. The minimum Gasteiger partial charge on any atom is -0.468 e. The van der Waals surface area contributed by atoms with E-state index in [1.165, 1.54) is 12.3 Å². The quantitative estimate of drug-likeness (QED) is 0.190. The number of hydrogen-bond donors (Lipinski definition) is 4. The molecule has 2 heterocycles. The smallest absolute Gasteiger partial charge is 0.406 e. The van der Waals surface area contributed by atoms with Gasteiger partial charge in [-0.1, -0.05) is 13.8 Å². The van der Waals surface area contributed by atoms with Crippen LogP contribution in [0, 0.1) is 5.92 Å². The van der Waals surface area contributed by atoms with Gasteiger partial charge in [0.2, 0.25) is 0 Å². The van der Waals surface area contributed by atoms with Crippen molar-refractivity contribution in [2.24, 2.45) is 5.92 Å². The van der Waals surface area contributed by atoms with Crippen LogP contribution in [0.15, 0.2) is 17.1 Å². The maximum absolute atomic E-state index is 13.4. The van der Waals surface area contributed by atoms with E-state index in [2.05, 4.69) is 14.8 Å². The van der Waals surface area contributed by atoms with Crippen LogP contribution < -0.4 is 16.5 Å². The number of anilines is 1. The second-order valence-corrected chi connectivity index (χ2v) is 9.84. The molecule has 1 fully saturated rings. The lowest BCUT2D eigenvalue weighted by Crippen LogP contribution is -2.39. The molecule has 3 unspecified atom stereocenters. The van der Waals surface area contributed by atoms with Crippen molar-refractivity contribution in [3.63, 3.8) is 0 Å². The van der Waals surface area contributed by atoms with E-state index in [1.807, 2.05) is 13.8 Å². The van der Waals surface area contributed by atoms with E-state index < -0.39 is 69.2 Å². The summed E-state index contributed by atoms with van der Waals surface area (Å²) >= 11 is 0. The van der Waals surface area contributed by atoms with Crippen molar-refractivity contribution < 1.29 is 47.6 Å².